The lowest BCUT2D eigenvalue weighted by molar-refractivity contribution is 0.112. The van der Waals surface area contributed by atoms with Crippen LogP contribution in [0.15, 0.2) is 0 Å². The molecule has 1 aliphatic heterocycles. The van der Waals surface area contributed by atoms with Crippen LogP contribution in [0.2, 0.25) is 19.1 Å². The second-order valence-electron chi connectivity index (χ2n) is 6.29. The first-order chi connectivity index (χ1) is 7.07. The molecule has 2 aliphatic rings. The zero-order valence-electron chi connectivity index (χ0n) is 10.6. The third-order valence-corrected chi connectivity index (χ3v) is 6.77. The fraction of sp³-hybridized carbons (Fsp3) is 1.00. The maximum absolute atomic E-state index is 6.13. The smallest absolute Gasteiger partial charge is 0.187 e. The highest BCUT2D eigenvalue weighted by Gasteiger charge is 2.38. The number of hydrogen-bond donors (Lipinski definition) is 0. The first-order valence-corrected chi connectivity index (χ1v) is 9.86. The molecule has 1 heterocycles. The van der Waals surface area contributed by atoms with Gasteiger partial charge < -0.3 is 4.43 Å². The molecule has 1 nitrogen and oxygen atoms in total. The lowest BCUT2D eigenvalue weighted by Crippen LogP contribution is -2.44. The van der Waals surface area contributed by atoms with Gasteiger partial charge in [-0.25, -0.2) is 0 Å². The van der Waals surface area contributed by atoms with E-state index in [2.05, 4.69) is 20.0 Å². The minimum absolute atomic E-state index is 0.535. The lowest BCUT2D eigenvalue weighted by atomic mass is 9.78. The quantitative estimate of drug-likeness (QED) is 0.609. The minimum atomic E-state index is -1.30. The van der Waals surface area contributed by atoms with Gasteiger partial charge in [0.25, 0.3) is 0 Å². The largest absolute Gasteiger partial charge is 0.415 e. The highest BCUT2D eigenvalue weighted by Crippen LogP contribution is 2.40. The Hall–Kier alpha value is 0.177. The van der Waals surface area contributed by atoms with Crippen molar-refractivity contribution in [3.8, 4) is 0 Å². The van der Waals surface area contributed by atoms with E-state index in [1.54, 1.807) is 0 Å². The second-order valence-corrected chi connectivity index (χ2v) is 10.4. The van der Waals surface area contributed by atoms with Crippen molar-refractivity contribution in [3.63, 3.8) is 0 Å². The fourth-order valence-corrected chi connectivity index (χ4v) is 6.79. The van der Waals surface area contributed by atoms with Crippen LogP contribution >= 0.6 is 0 Å². The van der Waals surface area contributed by atoms with Crippen molar-refractivity contribution in [1.29, 1.82) is 0 Å². The summed E-state index contributed by atoms with van der Waals surface area (Å²) in [7, 11) is -1.30. The molecule has 0 aromatic heterocycles. The monoisotopic (exact) mass is 226 g/mol. The zero-order valence-corrected chi connectivity index (χ0v) is 11.6. The first kappa shape index (κ1) is 11.7. The van der Waals surface area contributed by atoms with E-state index in [0.29, 0.717) is 6.10 Å². The maximum atomic E-state index is 6.13. The van der Waals surface area contributed by atoms with Gasteiger partial charge in [-0.3, -0.25) is 0 Å². The summed E-state index contributed by atoms with van der Waals surface area (Å²) in [4.78, 5) is 0. The Kier molecular flexibility index (Phi) is 3.56. The van der Waals surface area contributed by atoms with E-state index in [9.17, 15) is 0 Å². The van der Waals surface area contributed by atoms with E-state index in [0.717, 1.165) is 11.8 Å². The third-order valence-electron chi connectivity index (χ3n) is 4.23. The van der Waals surface area contributed by atoms with Crippen molar-refractivity contribution in [3.05, 3.63) is 0 Å². The molecule has 2 unspecified atom stereocenters. The average molecular weight is 226 g/mol. The van der Waals surface area contributed by atoms with Gasteiger partial charge in [-0.05, 0) is 44.3 Å². The fourth-order valence-electron chi connectivity index (χ4n) is 3.75. The van der Waals surface area contributed by atoms with Crippen LogP contribution in [0.1, 0.15) is 45.4 Å². The van der Waals surface area contributed by atoms with Gasteiger partial charge >= 0.3 is 0 Å². The van der Waals surface area contributed by atoms with E-state index < -0.39 is 8.32 Å². The highest BCUT2D eigenvalue weighted by molar-refractivity contribution is 6.71. The van der Waals surface area contributed by atoms with E-state index in [1.165, 1.54) is 44.6 Å². The van der Waals surface area contributed by atoms with Crippen LogP contribution in [0.25, 0.3) is 0 Å². The molecule has 0 N–H and O–H groups in total. The van der Waals surface area contributed by atoms with E-state index in [-0.39, 0.29) is 0 Å². The van der Waals surface area contributed by atoms with Gasteiger partial charge in [0.05, 0.1) is 0 Å². The van der Waals surface area contributed by atoms with Crippen molar-refractivity contribution in [1.82, 2.24) is 0 Å². The second kappa shape index (κ2) is 4.58. The topological polar surface area (TPSA) is 9.23 Å². The lowest BCUT2D eigenvalue weighted by Gasteiger charge is -2.42. The summed E-state index contributed by atoms with van der Waals surface area (Å²) in [5, 5.41) is 0. The zero-order chi connectivity index (χ0) is 10.9. The minimum Gasteiger partial charge on any atom is -0.415 e. The van der Waals surface area contributed by atoms with Crippen LogP contribution in [0.4, 0.5) is 0 Å². The average Bonchev–Trinajstić information content (AvgIpc) is 2.16. The van der Waals surface area contributed by atoms with Crippen LogP contribution in [0, 0.1) is 11.8 Å². The Labute approximate surface area is 95.7 Å². The standard InChI is InChI=1S/C13H26OSi/c1-11-9-13(10-15(2,3)14-11)12-7-5-4-6-8-12/h11-13H,4-10H2,1-3H3. The Morgan fingerprint density at radius 2 is 1.67 bits per heavy atom. The maximum Gasteiger partial charge on any atom is 0.187 e. The van der Waals surface area contributed by atoms with Gasteiger partial charge in [-0.1, -0.05) is 32.1 Å². The molecule has 88 valence electrons. The number of rotatable bonds is 1. The van der Waals surface area contributed by atoms with Crippen LogP contribution in [-0.4, -0.2) is 14.4 Å². The molecule has 1 saturated carbocycles. The van der Waals surface area contributed by atoms with Gasteiger partial charge in [0.2, 0.25) is 0 Å². The molecule has 0 spiro atoms. The summed E-state index contributed by atoms with van der Waals surface area (Å²) in [6, 6.07) is 1.42. The molecule has 0 amide bonds. The van der Waals surface area contributed by atoms with Crippen LogP contribution < -0.4 is 0 Å². The summed E-state index contributed by atoms with van der Waals surface area (Å²) >= 11 is 0. The molecule has 0 aromatic carbocycles. The molecule has 0 radical (unpaired) electrons. The molecule has 2 heteroatoms. The Bertz CT molecular complexity index is 209. The first-order valence-electron chi connectivity index (χ1n) is 6.75. The van der Waals surface area contributed by atoms with Crippen LogP contribution in [0.5, 0.6) is 0 Å². The molecule has 0 bridgehead atoms. The number of hydrogen-bond acceptors (Lipinski definition) is 1. The molecule has 2 atom stereocenters. The molecule has 15 heavy (non-hydrogen) atoms. The third kappa shape index (κ3) is 3.07. The van der Waals surface area contributed by atoms with Crippen LogP contribution in [-0.2, 0) is 4.43 Å². The van der Waals surface area contributed by atoms with Crippen molar-refractivity contribution < 1.29 is 4.43 Å². The summed E-state index contributed by atoms with van der Waals surface area (Å²) in [5.74, 6) is 2.03. The summed E-state index contributed by atoms with van der Waals surface area (Å²) < 4.78 is 6.13. The van der Waals surface area contributed by atoms with Crippen molar-refractivity contribution in [2.24, 2.45) is 11.8 Å². The van der Waals surface area contributed by atoms with Gasteiger partial charge in [-0.2, -0.15) is 0 Å². The van der Waals surface area contributed by atoms with Gasteiger partial charge in [0.15, 0.2) is 8.32 Å². The van der Waals surface area contributed by atoms with Crippen molar-refractivity contribution >= 4 is 8.32 Å². The van der Waals surface area contributed by atoms with E-state index >= 15 is 0 Å². The predicted octanol–water partition coefficient (Wildman–Crippen LogP) is 4.20. The van der Waals surface area contributed by atoms with E-state index in [1.807, 2.05) is 0 Å². The Morgan fingerprint density at radius 1 is 1.00 bits per heavy atom. The normalized spacial score (nSPS) is 37.8. The Balaban J connectivity index is 1.95. The van der Waals surface area contributed by atoms with Crippen LogP contribution in [0.3, 0.4) is 0 Å². The molecule has 0 aromatic rings. The molecular formula is C13H26OSi. The Morgan fingerprint density at radius 3 is 2.27 bits per heavy atom. The van der Waals surface area contributed by atoms with E-state index in [4.69, 9.17) is 4.43 Å². The molecule has 2 rings (SSSR count). The predicted molar refractivity (Wildman–Crippen MR) is 67.5 cm³/mol. The summed E-state index contributed by atoms with van der Waals surface area (Å²) in [6.07, 6.45) is 9.32. The summed E-state index contributed by atoms with van der Waals surface area (Å²) in [5.41, 5.74) is 0. The van der Waals surface area contributed by atoms with Gasteiger partial charge in [0, 0.05) is 6.10 Å². The molecule has 2 fully saturated rings. The van der Waals surface area contributed by atoms with Gasteiger partial charge in [0.1, 0.15) is 0 Å². The molecule has 1 aliphatic carbocycles. The molecular weight excluding hydrogens is 200 g/mol. The summed E-state index contributed by atoms with van der Waals surface area (Å²) in [6.45, 7) is 7.08. The van der Waals surface area contributed by atoms with Crippen molar-refractivity contribution in [2.45, 2.75) is 70.7 Å². The van der Waals surface area contributed by atoms with Crippen molar-refractivity contribution in [2.75, 3.05) is 0 Å². The SMILES string of the molecule is CC1CC(C2CCCCC2)C[Si](C)(C)O1. The van der Waals surface area contributed by atoms with Gasteiger partial charge in [-0.15, -0.1) is 0 Å². The molecule has 1 saturated heterocycles. The highest BCUT2D eigenvalue weighted by atomic mass is 28.4.